The zero-order valence-corrected chi connectivity index (χ0v) is 25.1. The summed E-state index contributed by atoms with van der Waals surface area (Å²) >= 11 is 0. The molecule has 0 aliphatic rings. The second-order valence-electron chi connectivity index (χ2n) is 9.84. The summed E-state index contributed by atoms with van der Waals surface area (Å²) in [6.07, 6.45) is 1.99. The number of nitrogens with one attached hydrogen (secondary N) is 1. The molecule has 0 radical (unpaired) electrons. The van der Waals surface area contributed by atoms with E-state index in [4.69, 9.17) is 9.47 Å². The van der Waals surface area contributed by atoms with Crippen molar-refractivity contribution < 1.29 is 27.5 Å². The number of hydrogen-bond donors (Lipinski definition) is 1. The van der Waals surface area contributed by atoms with Gasteiger partial charge in [-0.15, -0.1) is 0 Å². The van der Waals surface area contributed by atoms with Gasteiger partial charge in [0, 0.05) is 25.1 Å². The van der Waals surface area contributed by atoms with E-state index in [2.05, 4.69) is 5.32 Å². The van der Waals surface area contributed by atoms with Crippen LogP contribution in [-0.2, 0) is 32.6 Å². The van der Waals surface area contributed by atoms with Gasteiger partial charge in [0.05, 0.1) is 26.2 Å². The fourth-order valence-electron chi connectivity index (χ4n) is 4.36. The minimum absolute atomic E-state index is 0.108. The Kier molecular flexibility index (Phi) is 11.2. The Morgan fingerprint density at radius 1 is 0.902 bits per heavy atom. The van der Waals surface area contributed by atoms with E-state index >= 15 is 0 Å². The van der Waals surface area contributed by atoms with Crippen LogP contribution in [0.15, 0.2) is 78.9 Å². The number of nitrogens with zero attached hydrogens (tertiary/aromatic N) is 2. The van der Waals surface area contributed by atoms with Crippen molar-refractivity contribution in [2.75, 3.05) is 31.3 Å². The molecule has 0 heterocycles. The van der Waals surface area contributed by atoms with E-state index in [0.717, 1.165) is 21.7 Å². The summed E-state index contributed by atoms with van der Waals surface area (Å²) in [5, 5.41) is 3.02. The minimum Gasteiger partial charge on any atom is -0.497 e. The van der Waals surface area contributed by atoms with Crippen LogP contribution in [0.3, 0.4) is 0 Å². The van der Waals surface area contributed by atoms with Gasteiger partial charge in [-0.2, -0.15) is 0 Å². The number of methoxy groups -OCH3 is 2. The molecule has 0 saturated carbocycles. The first-order chi connectivity index (χ1) is 19.6. The molecule has 0 spiro atoms. The van der Waals surface area contributed by atoms with E-state index in [0.29, 0.717) is 12.2 Å². The van der Waals surface area contributed by atoms with Gasteiger partial charge in [-0.05, 0) is 36.6 Å². The Labute approximate surface area is 243 Å². The van der Waals surface area contributed by atoms with Crippen molar-refractivity contribution in [2.24, 2.45) is 0 Å². The molecule has 2 atom stereocenters. The summed E-state index contributed by atoms with van der Waals surface area (Å²) in [5.74, 6) is -0.186. The van der Waals surface area contributed by atoms with Crippen LogP contribution in [0.4, 0.5) is 5.69 Å². The number of anilines is 1. The molecule has 41 heavy (non-hydrogen) atoms. The van der Waals surface area contributed by atoms with Crippen LogP contribution >= 0.6 is 0 Å². The molecule has 0 unspecified atom stereocenters. The molecule has 220 valence electrons. The predicted octanol–water partition coefficient (Wildman–Crippen LogP) is 4.02. The molecule has 0 bridgehead atoms. The Bertz CT molecular complexity index is 1400. The second-order valence-corrected chi connectivity index (χ2v) is 11.7. The third kappa shape index (κ3) is 8.72. The molecule has 1 N–H and O–H groups in total. The van der Waals surface area contributed by atoms with E-state index in [-0.39, 0.29) is 36.4 Å². The van der Waals surface area contributed by atoms with Crippen molar-refractivity contribution in [2.45, 2.75) is 45.3 Å². The van der Waals surface area contributed by atoms with E-state index in [1.165, 1.54) is 25.2 Å². The molecule has 3 rings (SSSR count). The Morgan fingerprint density at radius 3 is 2.05 bits per heavy atom. The van der Waals surface area contributed by atoms with Gasteiger partial charge in [0.15, 0.2) is 0 Å². The summed E-state index contributed by atoms with van der Waals surface area (Å²) in [5.41, 5.74) is 1.84. The van der Waals surface area contributed by atoms with E-state index in [1.807, 2.05) is 74.5 Å². The van der Waals surface area contributed by atoms with Gasteiger partial charge in [-0.3, -0.25) is 13.9 Å². The molecule has 0 aliphatic heterocycles. The third-order valence-corrected chi connectivity index (χ3v) is 7.93. The van der Waals surface area contributed by atoms with Crippen molar-refractivity contribution in [3.63, 3.8) is 0 Å². The highest BCUT2D eigenvalue weighted by Gasteiger charge is 2.34. The van der Waals surface area contributed by atoms with Crippen LogP contribution in [0.25, 0.3) is 0 Å². The lowest BCUT2D eigenvalue weighted by Gasteiger charge is -2.34. The Hall–Kier alpha value is -4.05. The molecule has 3 aromatic rings. The van der Waals surface area contributed by atoms with Crippen LogP contribution in [0.5, 0.6) is 11.5 Å². The fraction of sp³-hybridized carbons (Fsp3) is 0.355. The maximum atomic E-state index is 14.2. The average molecular weight is 582 g/mol. The molecule has 3 aromatic carbocycles. The number of ether oxygens (including phenoxy) is 2. The summed E-state index contributed by atoms with van der Waals surface area (Å²) in [6, 6.07) is 22.5. The zero-order valence-electron chi connectivity index (χ0n) is 24.2. The topological polar surface area (TPSA) is 105 Å². The lowest BCUT2D eigenvalue weighted by atomic mass is 10.0. The average Bonchev–Trinajstić information content (AvgIpc) is 2.97. The molecule has 2 amide bonds. The molecule has 0 aliphatic carbocycles. The van der Waals surface area contributed by atoms with Gasteiger partial charge in [-0.25, -0.2) is 8.42 Å². The lowest BCUT2D eigenvalue weighted by molar-refractivity contribution is -0.140. The first kappa shape index (κ1) is 31.5. The number of benzene rings is 3. The van der Waals surface area contributed by atoms with Crippen molar-refractivity contribution in [1.29, 1.82) is 0 Å². The number of rotatable bonds is 14. The first-order valence-corrected chi connectivity index (χ1v) is 15.3. The Balaban J connectivity index is 2.09. The normalized spacial score (nSPS) is 12.6. The SMILES string of the molecule is CC[C@H](C)NC(=O)[C@@H](Cc1ccccc1)N(Cc1ccccc1)C(=O)CN(c1cc(OC)ccc1OC)S(C)(=O)=O. The summed E-state index contributed by atoms with van der Waals surface area (Å²) in [7, 11) is -1.07. The highest BCUT2D eigenvalue weighted by molar-refractivity contribution is 7.92. The van der Waals surface area contributed by atoms with Crippen molar-refractivity contribution in [3.05, 3.63) is 90.0 Å². The molecule has 0 aromatic heterocycles. The molecule has 0 saturated heterocycles. The highest BCUT2D eigenvalue weighted by Crippen LogP contribution is 2.34. The monoisotopic (exact) mass is 581 g/mol. The fourth-order valence-corrected chi connectivity index (χ4v) is 5.21. The van der Waals surface area contributed by atoms with Crippen molar-refractivity contribution >= 4 is 27.5 Å². The number of sulfonamides is 1. The molecule has 10 heteroatoms. The number of carbonyl (C=O) groups is 2. The summed E-state index contributed by atoms with van der Waals surface area (Å²) < 4.78 is 37.9. The Morgan fingerprint density at radius 2 is 1.51 bits per heavy atom. The standard InChI is InChI=1S/C31H39N3O6S/c1-6-23(2)32-31(36)28(19-24-13-9-7-10-14-24)33(21-25-15-11-8-12-16-25)30(35)22-34(41(5,37)38)27-20-26(39-3)17-18-29(27)40-4/h7-18,20,23,28H,6,19,21-22H2,1-5H3,(H,32,36)/t23-,28+/m0/s1. The van der Waals surface area contributed by atoms with Gasteiger partial charge in [0.2, 0.25) is 21.8 Å². The maximum absolute atomic E-state index is 14.2. The molecular weight excluding hydrogens is 542 g/mol. The van der Waals surface area contributed by atoms with Gasteiger partial charge in [-0.1, -0.05) is 67.6 Å². The highest BCUT2D eigenvalue weighted by atomic mass is 32.2. The van der Waals surface area contributed by atoms with Crippen molar-refractivity contribution in [3.8, 4) is 11.5 Å². The van der Waals surface area contributed by atoms with E-state index < -0.39 is 28.5 Å². The summed E-state index contributed by atoms with van der Waals surface area (Å²) in [4.78, 5) is 29.4. The first-order valence-electron chi connectivity index (χ1n) is 13.4. The van der Waals surface area contributed by atoms with Gasteiger partial charge in [0.25, 0.3) is 0 Å². The predicted molar refractivity (Wildman–Crippen MR) is 161 cm³/mol. The van der Waals surface area contributed by atoms with Crippen LogP contribution < -0.4 is 19.1 Å². The van der Waals surface area contributed by atoms with E-state index in [1.54, 1.807) is 12.1 Å². The van der Waals surface area contributed by atoms with Crippen LogP contribution in [0, 0.1) is 0 Å². The quantitative estimate of drug-likeness (QED) is 0.308. The van der Waals surface area contributed by atoms with Crippen LogP contribution in [0.1, 0.15) is 31.4 Å². The van der Waals surface area contributed by atoms with Crippen molar-refractivity contribution in [1.82, 2.24) is 10.2 Å². The zero-order chi connectivity index (χ0) is 30.0. The van der Waals surface area contributed by atoms with Gasteiger partial charge >= 0.3 is 0 Å². The number of carbonyl (C=O) groups excluding carboxylic acids is 2. The van der Waals surface area contributed by atoms with Crippen LogP contribution in [0.2, 0.25) is 0 Å². The van der Waals surface area contributed by atoms with Crippen LogP contribution in [-0.4, -0.2) is 64.2 Å². The minimum atomic E-state index is -3.96. The van der Waals surface area contributed by atoms with Gasteiger partial charge in [0.1, 0.15) is 24.1 Å². The number of amides is 2. The third-order valence-electron chi connectivity index (χ3n) is 6.80. The number of hydrogen-bond acceptors (Lipinski definition) is 6. The van der Waals surface area contributed by atoms with Gasteiger partial charge < -0.3 is 19.7 Å². The van der Waals surface area contributed by atoms with E-state index in [9.17, 15) is 18.0 Å². The molecule has 9 nitrogen and oxygen atoms in total. The smallest absolute Gasteiger partial charge is 0.244 e. The summed E-state index contributed by atoms with van der Waals surface area (Å²) in [6.45, 7) is 3.44. The largest absolute Gasteiger partial charge is 0.497 e. The lowest BCUT2D eigenvalue weighted by Crippen LogP contribution is -2.54. The maximum Gasteiger partial charge on any atom is 0.244 e. The second kappa shape index (κ2) is 14.5. The molecular formula is C31H39N3O6S. The molecule has 0 fully saturated rings.